The molecule has 0 spiro atoms. The highest BCUT2D eigenvalue weighted by atomic mass is 16.2. The van der Waals surface area contributed by atoms with Crippen LogP contribution in [0, 0.1) is 0 Å². The molecule has 0 saturated carbocycles. The summed E-state index contributed by atoms with van der Waals surface area (Å²) in [4.78, 5) is 26.8. The summed E-state index contributed by atoms with van der Waals surface area (Å²) in [5.74, 6) is 0. The van der Waals surface area contributed by atoms with Crippen LogP contribution in [0.1, 0.15) is 26.2 Å². The Hall–Kier alpha value is -1.78. The SMILES string of the molecule is C=CCNC(=O)N(CCCCC)C(=O)N(C)CC=C. The third-order valence-electron chi connectivity index (χ3n) is 2.59. The molecule has 0 aromatic rings. The number of amides is 4. The van der Waals surface area contributed by atoms with Crippen LogP contribution in [-0.4, -0.2) is 48.5 Å². The lowest BCUT2D eigenvalue weighted by molar-refractivity contribution is 0.164. The Morgan fingerprint density at radius 3 is 2.42 bits per heavy atom. The van der Waals surface area contributed by atoms with E-state index in [9.17, 15) is 9.59 Å². The van der Waals surface area contributed by atoms with Crippen molar-refractivity contribution in [2.45, 2.75) is 26.2 Å². The van der Waals surface area contributed by atoms with Gasteiger partial charge in [0.1, 0.15) is 0 Å². The zero-order valence-electron chi connectivity index (χ0n) is 12.0. The molecule has 0 bridgehead atoms. The van der Waals surface area contributed by atoms with Crippen molar-refractivity contribution in [1.82, 2.24) is 15.1 Å². The molecule has 108 valence electrons. The maximum atomic E-state index is 12.1. The standard InChI is InChI=1S/C14H25N3O2/c1-5-8-9-12-17(13(18)15-10-6-2)14(19)16(4)11-7-3/h6-7H,2-3,5,8-12H2,1,4H3,(H,15,18). The number of hydrogen-bond donors (Lipinski definition) is 1. The molecule has 0 radical (unpaired) electrons. The minimum Gasteiger partial charge on any atom is -0.334 e. The van der Waals surface area contributed by atoms with Gasteiger partial charge in [0.25, 0.3) is 0 Å². The Bertz CT molecular complexity index is 316. The van der Waals surface area contributed by atoms with E-state index in [0.717, 1.165) is 19.3 Å². The van der Waals surface area contributed by atoms with E-state index in [-0.39, 0.29) is 12.1 Å². The Balaban J connectivity index is 4.62. The summed E-state index contributed by atoms with van der Waals surface area (Å²) < 4.78 is 0. The van der Waals surface area contributed by atoms with Gasteiger partial charge >= 0.3 is 12.1 Å². The van der Waals surface area contributed by atoms with Crippen LogP contribution in [0.5, 0.6) is 0 Å². The molecule has 0 rings (SSSR count). The van der Waals surface area contributed by atoms with Crippen molar-refractivity contribution in [3.8, 4) is 0 Å². The van der Waals surface area contributed by atoms with Crippen molar-refractivity contribution < 1.29 is 9.59 Å². The van der Waals surface area contributed by atoms with E-state index in [1.165, 1.54) is 9.80 Å². The topological polar surface area (TPSA) is 52.7 Å². The number of unbranched alkanes of at least 4 members (excludes halogenated alkanes) is 2. The normalized spacial score (nSPS) is 9.58. The summed E-state index contributed by atoms with van der Waals surface area (Å²) in [5.41, 5.74) is 0. The fourth-order valence-corrected chi connectivity index (χ4v) is 1.54. The van der Waals surface area contributed by atoms with E-state index in [1.54, 1.807) is 19.2 Å². The minimum absolute atomic E-state index is 0.308. The zero-order chi connectivity index (χ0) is 14.7. The van der Waals surface area contributed by atoms with E-state index in [2.05, 4.69) is 25.4 Å². The highest BCUT2D eigenvalue weighted by Crippen LogP contribution is 2.03. The average molecular weight is 267 g/mol. The molecule has 0 aromatic carbocycles. The first-order valence-corrected chi connectivity index (χ1v) is 6.60. The highest BCUT2D eigenvalue weighted by molar-refractivity contribution is 5.93. The smallest absolute Gasteiger partial charge is 0.328 e. The van der Waals surface area contributed by atoms with Crippen LogP contribution in [0.15, 0.2) is 25.3 Å². The van der Waals surface area contributed by atoms with E-state index in [0.29, 0.717) is 19.6 Å². The number of nitrogens with zero attached hydrogens (tertiary/aromatic N) is 2. The summed E-state index contributed by atoms with van der Waals surface area (Å²) in [6.45, 7) is 10.4. The van der Waals surface area contributed by atoms with Gasteiger partial charge in [-0.2, -0.15) is 0 Å². The van der Waals surface area contributed by atoms with Crippen molar-refractivity contribution >= 4 is 12.1 Å². The molecule has 5 heteroatoms. The second-order valence-corrected chi connectivity index (χ2v) is 4.29. The molecule has 0 aliphatic heterocycles. The van der Waals surface area contributed by atoms with Crippen LogP contribution in [0.4, 0.5) is 9.59 Å². The van der Waals surface area contributed by atoms with E-state index in [1.807, 2.05) is 0 Å². The summed E-state index contributed by atoms with van der Waals surface area (Å²) >= 11 is 0. The van der Waals surface area contributed by atoms with Gasteiger partial charge in [0.15, 0.2) is 0 Å². The monoisotopic (exact) mass is 267 g/mol. The molecule has 0 heterocycles. The van der Waals surface area contributed by atoms with Gasteiger partial charge in [0, 0.05) is 26.7 Å². The number of hydrogen-bond acceptors (Lipinski definition) is 2. The van der Waals surface area contributed by atoms with Gasteiger partial charge in [0.05, 0.1) is 0 Å². The third-order valence-corrected chi connectivity index (χ3v) is 2.59. The Kier molecular flexibility index (Phi) is 9.22. The minimum atomic E-state index is -0.378. The van der Waals surface area contributed by atoms with Crippen LogP contribution in [-0.2, 0) is 0 Å². The first kappa shape index (κ1) is 17.2. The summed E-state index contributed by atoms with van der Waals surface area (Å²) in [5, 5.41) is 2.63. The van der Waals surface area contributed by atoms with Crippen molar-refractivity contribution in [2.24, 2.45) is 0 Å². The van der Waals surface area contributed by atoms with Gasteiger partial charge in [-0.25, -0.2) is 14.5 Å². The number of rotatable bonds is 8. The molecule has 0 aliphatic rings. The molecule has 0 atom stereocenters. The first-order valence-electron chi connectivity index (χ1n) is 6.60. The molecule has 0 unspecified atom stereocenters. The molecule has 1 N–H and O–H groups in total. The van der Waals surface area contributed by atoms with Gasteiger partial charge in [-0.3, -0.25) is 0 Å². The van der Waals surface area contributed by atoms with Gasteiger partial charge in [0.2, 0.25) is 0 Å². The summed E-state index contributed by atoms with van der Waals surface area (Å²) in [6.07, 6.45) is 6.05. The largest absolute Gasteiger partial charge is 0.334 e. The van der Waals surface area contributed by atoms with Crippen LogP contribution < -0.4 is 5.32 Å². The van der Waals surface area contributed by atoms with Crippen molar-refractivity contribution in [3.05, 3.63) is 25.3 Å². The Labute approximate surface area is 115 Å². The number of carbonyl (C=O) groups excluding carboxylic acids is 2. The molecular formula is C14H25N3O2. The quantitative estimate of drug-likeness (QED) is 0.543. The second kappa shape index (κ2) is 10.2. The fraction of sp³-hybridized carbons (Fsp3) is 0.571. The van der Waals surface area contributed by atoms with Gasteiger partial charge in [-0.05, 0) is 6.42 Å². The maximum Gasteiger partial charge on any atom is 0.328 e. The number of likely N-dealkylation sites (N-methyl/N-ethyl adjacent to an activating group) is 1. The lowest BCUT2D eigenvalue weighted by Crippen LogP contribution is -2.49. The number of nitrogens with one attached hydrogen (secondary N) is 1. The zero-order valence-corrected chi connectivity index (χ0v) is 12.0. The molecule has 0 aromatic heterocycles. The highest BCUT2D eigenvalue weighted by Gasteiger charge is 2.22. The predicted octanol–water partition coefficient (Wildman–Crippen LogP) is 2.61. The first-order chi connectivity index (χ1) is 9.08. The van der Waals surface area contributed by atoms with Crippen molar-refractivity contribution in [2.75, 3.05) is 26.7 Å². The van der Waals surface area contributed by atoms with Crippen molar-refractivity contribution in [1.29, 1.82) is 0 Å². The lowest BCUT2D eigenvalue weighted by Gasteiger charge is -2.26. The average Bonchev–Trinajstić information content (AvgIpc) is 2.40. The molecule has 5 nitrogen and oxygen atoms in total. The van der Waals surface area contributed by atoms with E-state index in [4.69, 9.17) is 0 Å². The molecular weight excluding hydrogens is 242 g/mol. The van der Waals surface area contributed by atoms with Gasteiger partial charge < -0.3 is 10.2 Å². The Morgan fingerprint density at radius 2 is 1.89 bits per heavy atom. The maximum absolute atomic E-state index is 12.1. The molecule has 0 fully saturated rings. The van der Waals surface area contributed by atoms with Crippen LogP contribution >= 0.6 is 0 Å². The Morgan fingerprint density at radius 1 is 1.21 bits per heavy atom. The second-order valence-electron chi connectivity index (χ2n) is 4.29. The van der Waals surface area contributed by atoms with Gasteiger partial charge in [-0.15, -0.1) is 13.2 Å². The fourth-order valence-electron chi connectivity index (χ4n) is 1.54. The van der Waals surface area contributed by atoms with E-state index < -0.39 is 0 Å². The van der Waals surface area contributed by atoms with Crippen LogP contribution in [0.25, 0.3) is 0 Å². The van der Waals surface area contributed by atoms with Gasteiger partial charge in [-0.1, -0.05) is 31.9 Å². The number of imide groups is 1. The van der Waals surface area contributed by atoms with Crippen molar-refractivity contribution in [3.63, 3.8) is 0 Å². The number of carbonyl (C=O) groups is 2. The predicted molar refractivity (Wildman–Crippen MR) is 78.0 cm³/mol. The molecule has 0 saturated heterocycles. The molecule has 19 heavy (non-hydrogen) atoms. The molecule has 4 amide bonds. The third kappa shape index (κ3) is 6.64. The van der Waals surface area contributed by atoms with Crippen LogP contribution in [0.2, 0.25) is 0 Å². The van der Waals surface area contributed by atoms with E-state index >= 15 is 0 Å². The molecule has 0 aliphatic carbocycles. The van der Waals surface area contributed by atoms with Crippen LogP contribution in [0.3, 0.4) is 0 Å². The lowest BCUT2D eigenvalue weighted by atomic mass is 10.2. The summed E-state index contributed by atoms with van der Waals surface area (Å²) in [6, 6.07) is -0.686. The summed E-state index contributed by atoms with van der Waals surface area (Å²) in [7, 11) is 1.65. The number of urea groups is 2.